The Bertz CT molecular complexity index is 1510. The maximum atomic E-state index is 13.4. The van der Waals surface area contributed by atoms with Gasteiger partial charge in [-0.25, -0.2) is 8.78 Å². The van der Waals surface area contributed by atoms with Gasteiger partial charge >= 0.3 is 0 Å². The zero-order chi connectivity index (χ0) is 31.4. The zero-order valence-corrected chi connectivity index (χ0v) is 25.1. The highest BCUT2D eigenvalue weighted by Crippen LogP contribution is 2.26. The van der Waals surface area contributed by atoms with Crippen LogP contribution in [0.4, 0.5) is 14.5 Å². The van der Waals surface area contributed by atoms with Gasteiger partial charge in [-0.1, -0.05) is 60.7 Å². The number of piperazine rings is 1. The Morgan fingerprint density at radius 2 is 1.34 bits per heavy atom. The van der Waals surface area contributed by atoms with Crippen LogP contribution in [0.1, 0.15) is 22.8 Å². The highest BCUT2D eigenvalue weighted by molar-refractivity contribution is 7.85. The van der Waals surface area contributed by atoms with Crippen molar-refractivity contribution in [3.63, 3.8) is 0 Å². The van der Waals surface area contributed by atoms with Crippen LogP contribution in [-0.2, 0) is 21.3 Å². The minimum Gasteiger partial charge on any atom is -0.399 e. The van der Waals surface area contributed by atoms with Crippen molar-refractivity contribution in [1.82, 2.24) is 9.80 Å². The van der Waals surface area contributed by atoms with E-state index in [-0.39, 0.29) is 22.6 Å². The average molecular weight is 622 g/mol. The molecule has 0 saturated carbocycles. The first-order valence-electron chi connectivity index (χ1n) is 14.3. The van der Waals surface area contributed by atoms with Gasteiger partial charge in [0.05, 0.1) is 11.5 Å². The van der Waals surface area contributed by atoms with Gasteiger partial charge in [-0.2, -0.15) is 8.42 Å². The molecule has 4 aromatic rings. The van der Waals surface area contributed by atoms with Crippen molar-refractivity contribution in [2.75, 3.05) is 45.1 Å². The smallest absolute Gasteiger partial charge is 0.294 e. The van der Waals surface area contributed by atoms with Crippen LogP contribution in [0, 0.1) is 11.6 Å². The van der Waals surface area contributed by atoms with Crippen molar-refractivity contribution < 1.29 is 26.5 Å². The van der Waals surface area contributed by atoms with Gasteiger partial charge in [0.15, 0.2) is 0 Å². The van der Waals surface area contributed by atoms with Crippen molar-refractivity contribution in [3.8, 4) is 0 Å². The highest BCUT2D eigenvalue weighted by Gasteiger charge is 2.18. The Hall–Kier alpha value is -4.09. The standard InChI is InChI=1S/C28H30F2N2O.C6H7NO3S/c29-26-12-8-24(9-13-26)28(25-10-14-27(30)15-11-25)33-22-21-32-19-17-31(18-20-32)16-4-7-23-5-2-1-3-6-23;7-5-1-3-6(4-2-5)11(8,9)10/h1-6,8-16,28H,7,17-22H2;1-4H,7H2,(H,8,9,10)/b16-4+;. The first-order chi connectivity index (χ1) is 21.2. The molecule has 1 heterocycles. The molecule has 0 spiro atoms. The maximum absolute atomic E-state index is 13.4. The fraction of sp³-hybridized carbons (Fsp3) is 0.235. The lowest BCUT2D eigenvalue weighted by Gasteiger charge is -2.34. The molecule has 5 rings (SSSR count). The third kappa shape index (κ3) is 10.6. The topological polar surface area (TPSA) is 96.1 Å². The molecule has 1 saturated heterocycles. The first-order valence-corrected chi connectivity index (χ1v) is 15.7. The summed E-state index contributed by atoms with van der Waals surface area (Å²) < 4.78 is 62.4. The Kier molecular flexibility index (Phi) is 12.0. The van der Waals surface area contributed by atoms with E-state index in [1.807, 2.05) is 6.07 Å². The molecule has 7 nitrogen and oxygen atoms in total. The van der Waals surface area contributed by atoms with Gasteiger partial charge < -0.3 is 15.4 Å². The van der Waals surface area contributed by atoms with Gasteiger partial charge in [0.2, 0.25) is 0 Å². The average Bonchev–Trinajstić information content (AvgIpc) is 3.02. The summed E-state index contributed by atoms with van der Waals surface area (Å²) in [5.41, 5.74) is 8.79. The Morgan fingerprint density at radius 3 is 1.86 bits per heavy atom. The third-order valence-corrected chi connectivity index (χ3v) is 8.00. The van der Waals surface area contributed by atoms with Crippen molar-refractivity contribution in [3.05, 3.63) is 144 Å². The quantitative estimate of drug-likeness (QED) is 0.167. The number of rotatable bonds is 10. The molecular weight excluding hydrogens is 584 g/mol. The highest BCUT2D eigenvalue weighted by atomic mass is 32.2. The summed E-state index contributed by atoms with van der Waals surface area (Å²) in [7, 11) is -4.08. The lowest BCUT2D eigenvalue weighted by Crippen LogP contribution is -2.45. The van der Waals surface area contributed by atoms with E-state index in [4.69, 9.17) is 15.0 Å². The number of ether oxygens (including phenoxy) is 1. The van der Waals surface area contributed by atoms with E-state index >= 15 is 0 Å². The Labute approximate surface area is 257 Å². The number of hydrogen-bond acceptors (Lipinski definition) is 6. The molecule has 4 aromatic carbocycles. The predicted molar refractivity (Wildman–Crippen MR) is 169 cm³/mol. The van der Waals surface area contributed by atoms with Gasteiger partial charge in [-0.05, 0) is 77.8 Å². The fourth-order valence-corrected chi connectivity index (χ4v) is 5.17. The molecule has 1 aliphatic heterocycles. The van der Waals surface area contributed by atoms with Crippen LogP contribution >= 0.6 is 0 Å². The molecule has 0 aliphatic carbocycles. The van der Waals surface area contributed by atoms with Crippen molar-refractivity contribution in [2.24, 2.45) is 0 Å². The van der Waals surface area contributed by atoms with Crippen molar-refractivity contribution >= 4 is 15.8 Å². The van der Waals surface area contributed by atoms with Crippen LogP contribution in [0.2, 0.25) is 0 Å². The molecule has 0 amide bonds. The SMILES string of the molecule is Fc1ccc(C(OCCN2CCN(/C=C/Cc3ccccc3)CC2)c2ccc(F)cc2)cc1.Nc1ccc(S(=O)(=O)O)cc1. The molecule has 1 fully saturated rings. The largest absolute Gasteiger partial charge is 0.399 e. The lowest BCUT2D eigenvalue weighted by atomic mass is 10.0. The monoisotopic (exact) mass is 621 g/mol. The zero-order valence-electron chi connectivity index (χ0n) is 24.3. The predicted octanol–water partition coefficient (Wildman–Crippen LogP) is 5.96. The van der Waals surface area contributed by atoms with E-state index in [0.29, 0.717) is 12.3 Å². The number of benzene rings is 4. The second kappa shape index (κ2) is 16.1. The summed E-state index contributed by atoms with van der Waals surface area (Å²) in [5, 5.41) is 0. The van der Waals surface area contributed by atoms with E-state index in [1.54, 1.807) is 24.3 Å². The summed E-state index contributed by atoms with van der Waals surface area (Å²) in [4.78, 5) is 4.61. The van der Waals surface area contributed by atoms with Crippen LogP contribution in [-0.4, -0.2) is 62.1 Å². The molecule has 44 heavy (non-hydrogen) atoms. The van der Waals surface area contributed by atoms with Crippen molar-refractivity contribution in [1.29, 1.82) is 0 Å². The number of nitrogens with zero attached hydrogens (tertiary/aromatic N) is 2. The summed E-state index contributed by atoms with van der Waals surface area (Å²) in [6.07, 6.45) is 5.03. The summed E-state index contributed by atoms with van der Waals surface area (Å²) in [6.45, 7) is 5.31. The van der Waals surface area contributed by atoms with E-state index < -0.39 is 10.1 Å². The van der Waals surface area contributed by atoms with Crippen LogP contribution in [0.15, 0.2) is 120 Å². The molecular formula is C34H37F2N3O4S. The van der Waals surface area contributed by atoms with Crippen LogP contribution in [0.5, 0.6) is 0 Å². The van der Waals surface area contributed by atoms with Gasteiger partial charge in [0.1, 0.15) is 17.7 Å². The number of hydrogen-bond donors (Lipinski definition) is 2. The molecule has 1 aliphatic rings. The fourth-order valence-electron chi connectivity index (χ4n) is 4.69. The maximum Gasteiger partial charge on any atom is 0.294 e. The normalized spacial score (nSPS) is 14.0. The lowest BCUT2D eigenvalue weighted by molar-refractivity contribution is 0.0502. The molecule has 0 bridgehead atoms. The molecule has 3 N–H and O–H groups in total. The number of nitrogen functional groups attached to an aromatic ring is 1. The van der Waals surface area contributed by atoms with Crippen LogP contribution in [0.25, 0.3) is 0 Å². The second-order valence-corrected chi connectivity index (χ2v) is 11.8. The molecule has 0 radical (unpaired) electrons. The number of nitrogens with two attached hydrogens (primary N) is 1. The van der Waals surface area contributed by atoms with Gasteiger partial charge in [0.25, 0.3) is 10.1 Å². The Balaban J connectivity index is 0.000000339. The van der Waals surface area contributed by atoms with E-state index in [2.05, 4.69) is 46.3 Å². The molecule has 10 heteroatoms. The molecule has 0 aromatic heterocycles. The van der Waals surface area contributed by atoms with Crippen molar-refractivity contribution in [2.45, 2.75) is 17.4 Å². The third-order valence-electron chi connectivity index (χ3n) is 7.13. The second-order valence-electron chi connectivity index (χ2n) is 10.4. The van der Waals surface area contributed by atoms with E-state index in [9.17, 15) is 17.2 Å². The summed E-state index contributed by atoms with van der Waals surface area (Å²) >= 11 is 0. The number of halogens is 2. The van der Waals surface area contributed by atoms with Crippen LogP contribution < -0.4 is 5.73 Å². The van der Waals surface area contributed by atoms with Gasteiger partial charge in [-0.3, -0.25) is 9.45 Å². The minimum absolute atomic E-state index is 0.147. The minimum atomic E-state index is -4.08. The molecule has 232 valence electrons. The summed E-state index contributed by atoms with van der Waals surface area (Å²) in [6, 6.07) is 28.4. The Morgan fingerprint density at radius 1 is 0.795 bits per heavy atom. The molecule has 0 atom stereocenters. The summed E-state index contributed by atoms with van der Waals surface area (Å²) in [5.74, 6) is -0.570. The van der Waals surface area contributed by atoms with Gasteiger partial charge in [-0.15, -0.1) is 0 Å². The number of anilines is 1. The van der Waals surface area contributed by atoms with E-state index in [1.165, 1.54) is 54.1 Å². The first kappa shape index (κ1) is 32.8. The van der Waals surface area contributed by atoms with Gasteiger partial charge in [0, 0.05) is 38.4 Å². The molecule has 0 unspecified atom stereocenters. The van der Waals surface area contributed by atoms with E-state index in [0.717, 1.165) is 50.3 Å². The number of allylic oxidation sites excluding steroid dienone is 1. The van der Waals surface area contributed by atoms with Crippen LogP contribution in [0.3, 0.4) is 0 Å².